The molecular formula is C32H52O4. The number of Topliss-reactive ketones (excluding diaryl/α,β-unsaturated/α-hetero) is 1. The number of hydrogen-bond acceptors (Lipinski definition) is 4. The second-order valence-electron chi connectivity index (χ2n) is 15.9. The second-order valence-corrected chi connectivity index (χ2v) is 15.9. The zero-order valence-corrected chi connectivity index (χ0v) is 24.3. The summed E-state index contributed by atoms with van der Waals surface area (Å²) in [5.74, 6) is 1.99. The molecule has 0 radical (unpaired) electrons. The van der Waals surface area contributed by atoms with E-state index in [0.717, 1.165) is 57.8 Å². The van der Waals surface area contributed by atoms with Gasteiger partial charge in [0.1, 0.15) is 11.9 Å². The summed E-state index contributed by atoms with van der Waals surface area (Å²) in [5.41, 5.74) is -0.602. The quantitative estimate of drug-likeness (QED) is 0.390. The first-order valence-corrected chi connectivity index (χ1v) is 14.9. The molecule has 0 amide bonds. The topological polar surface area (TPSA) is 63.6 Å². The van der Waals surface area contributed by atoms with E-state index in [1.165, 1.54) is 6.42 Å². The van der Waals surface area contributed by atoms with Crippen molar-refractivity contribution in [3.8, 4) is 0 Å². The number of carbonyl (C=O) groups is 2. The molecule has 5 rings (SSSR count). The first-order valence-electron chi connectivity index (χ1n) is 14.9. The molecule has 5 aliphatic carbocycles. The van der Waals surface area contributed by atoms with E-state index in [0.29, 0.717) is 30.0 Å². The fraction of sp³-hybridized carbons (Fsp3) is 0.938. The predicted molar refractivity (Wildman–Crippen MR) is 142 cm³/mol. The molecule has 0 aromatic rings. The van der Waals surface area contributed by atoms with Crippen molar-refractivity contribution in [1.29, 1.82) is 0 Å². The van der Waals surface area contributed by atoms with E-state index in [9.17, 15) is 14.7 Å². The highest BCUT2D eigenvalue weighted by atomic mass is 16.5. The Morgan fingerprint density at radius 2 is 1.39 bits per heavy atom. The van der Waals surface area contributed by atoms with Gasteiger partial charge in [-0.25, -0.2) is 0 Å². The molecule has 0 aromatic carbocycles. The summed E-state index contributed by atoms with van der Waals surface area (Å²) >= 11 is 0. The zero-order chi connectivity index (χ0) is 26.5. The third-order valence-electron chi connectivity index (χ3n) is 13.5. The molecule has 0 spiro atoms. The van der Waals surface area contributed by atoms with Crippen molar-refractivity contribution in [1.82, 2.24) is 0 Å². The molecule has 0 saturated heterocycles. The van der Waals surface area contributed by atoms with Crippen molar-refractivity contribution in [2.24, 2.45) is 50.7 Å². The second kappa shape index (κ2) is 8.06. The van der Waals surface area contributed by atoms with Crippen molar-refractivity contribution >= 4 is 11.8 Å². The molecule has 5 aliphatic rings. The van der Waals surface area contributed by atoms with E-state index < -0.39 is 5.60 Å². The van der Waals surface area contributed by atoms with Crippen LogP contribution in [0.15, 0.2) is 0 Å². The van der Waals surface area contributed by atoms with Crippen LogP contribution in [0.5, 0.6) is 0 Å². The summed E-state index contributed by atoms with van der Waals surface area (Å²) < 4.78 is 5.87. The lowest BCUT2D eigenvalue weighted by molar-refractivity contribution is -0.204. The molecule has 9 unspecified atom stereocenters. The Hall–Kier alpha value is -0.900. The van der Waals surface area contributed by atoms with Gasteiger partial charge in [-0.05, 0) is 104 Å². The number of carbonyl (C=O) groups excluding carboxylic acids is 2. The number of fused-ring (bicyclic) bond motifs is 6. The summed E-state index contributed by atoms with van der Waals surface area (Å²) in [6.45, 7) is 18.0. The minimum Gasteiger partial charge on any atom is -0.462 e. The number of rotatable bonds is 1. The van der Waals surface area contributed by atoms with Gasteiger partial charge in [-0.15, -0.1) is 0 Å². The average Bonchev–Trinajstić information content (AvgIpc) is 2.87. The lowest BCUT2D eigenvalue weighted by Crippen LogP contribution is -2.61. The van der Waals surface area contributed by atoms with Gasteiger partial charge in [0.2, 0.25) is 0 Å². The third-order valence-corrected chi connectivity index (χ3v) is 13.5. The van der Waals surface area contributed by atoms with Crippen molar-refractivity contribution in [2.75, 3.05) is 0 Å². The van der Waals surface area contributed by atoms with Crippen molar-refractivity contribution in [3.05, 3.63) is 0 Å². The Bertz CT molecular complexity index is 936. The third kappa shape index (κ3) is 3.54. The van der Waals surface area contributed by atoms with E-state index in [1.54, 1.807) is 6.92 Å². The Kier molecular flexibility index (Phi) is 5.97. The highest BCUT2D eigenvalue weighted by molar-refractivity contribution is 5.85. The van der Waals surface area contributed by atoms with Gasteiger partial charge in [0, 0.05) is 24.2 Å². The maximum Gasteiger partial charge on any atom is 0.302 e. The zero-order valence-electron chi connectivity index (χ0n) is 24.3. The van der Waals surface area contributed by atoms with Gasteiger partial charge in [-0.1, -0.05) is 48.5 Å². The van der Waals surface area contributed by atoms with Gasteiger partial charge in [0.15, 0.2) is 0 Å². The number of aliphatic hydroxyl groups is 1. The van der Waals surface area contributed by atoms with Gasteiger partial charge >= 0.3 is 5.97 Å². The maximum atomic E-state index is 12.9. The molecule has 4 heteroatoms. The van der Waals surface area contributed by atoms with E-state index in [4.69, 9.17) is 4.74 Å². The van der Waals surface area contributed by atoms with E-state index in [2.05, 4.69) is 48.5 Å². The van der Waals surface area contributed by atoms with Crippen LogP contribution in [-0.4, -0.2) is 28.6 Å². The highest BCUT2D eigenvalue weighted by Crippen LogP contribution is 2.71. The fourth-order valence-corrected chi connectivity index (χ4v) is 12.0. The minimum atomic E-state index is -0.626. The van der Waals surface area contributed by atoms with Crippen LogP contribution in [-0.2, 0) is 14.3 Å². The number of ketones is 1. The monoisotopic (exact) mass is 500 g/mol. The van der Waals surface area contributed by atoms with Crippen LogP contribution >= 0.6 is 0 Å². The lowest BCUT2D eigenvalue weighted by Gasteiger charge is -2.64. The standard InChI is InChI=1S/C32H52O4/c1-20(33)36-26-14-17-30(7)22(28(26,4)5)11-15-29(6)19-32(35)18-12-21-27(2,3)25(34)13-16-31(21,8)24(32)10-9-23(29)30/h21-24,26,35H,9-19H2,1-8H3. The summed E-state index contributed by atoms with van der Waals surface area (Å²) in [5, 5.41) is 12.5. The maximum absolute atomic E-state index is 12.9. The summed E-state index contributed by atoms with van der Waals surface area (Å²) in [6.07, 6.45) is 10.9. The molecule has 0 aliphatic heterocycles. The predicted octanol–water partition coefficient (Wildman–Crippen LogP) is 7.11. The van der Waals surface area contributed by atoms with Crippen LogP contribution in [0.2, 0.25) is 0 Å². The van der Waals surface area contributed by atoms with Gasteiger partial charge in [0.05, 0.1) is 5.60 Å². The highest BCUT2D eigenvalue weighted by Gasteiger charge is 2.67. The molecule has 5 fully saturated rings. The van der Waals surface area contributed by atoms with Gasteiger partial charge in [-0.3, -0.25) is 9.59 Å². The van der Waals surface area contributed by atoms with Crippen LogP contribution in [0.4, 0.5) is 0 Å². The molecule has 0 heterocycles. The van der Waals surface area contributed by atoms with Gasteiger partial charge in [0.25, 0.3) is 0 Å². The van der Waals surface area contributed by atoms with Crippen molar-refractivity contribution < 1.29 is 19.4 Å². The normalized spacial score (nSPS) is 51.6. The summed E-state index contributed by atoms with van der Waals surface area (Å²) in [6, 6.07) is 0. The Morgan fingerprint density at radius 1 is 0.778 bits per heavy atom. The van der Waals surface area contributed by atoms with Gasteiger partial charge in [-0.2, -0.15) is 0 Å². The van der Waals surface area contributed by atoms with Crippen molar-refractivity contribution in [2.45, 2.75) is 138 Å². The van der Waals surface area contributed by atoms with Crippen molar-refractivity contribution in [3.63, 3.8) is 0 Å². The van der Waals surface area contributed by atoms with E-state index in [1.807, 2.05) is 0 Å². The Balaban J connectivity index is 1.49. The smallest absolute Gasteiger partial charge is 0.302 e. The lowest BCUT2D eigenvalue weighted by atomic mass is 9.41. The van der Waals surface area contributed by atoms with Crippen LogP contribution < -0.4 is 0 Å². The van der Waals surface area contributed by atoms with E-state index in [-0.39, 0.29) is 45.1 Å². The molecule has 9 atom stereocenters. The molecule has 204 valence electrons. The number of hydrogen-bond donors (Lipinski definition) is 1. The average molecular weight is 501 g/mol. The fourth-order valence-electron chi connectivity index (χ4n) is 12.0. The molecular weight excluding hydrogens is 448 g/mol. The molecule has 0 aromatic heterocycles. The van der Waals surface area contributed by atoms with Crippen LogP contribution in [0.25, 0.3) is 0 Å². The molecule has 4 nitrogen and oxygen atoms in total. The molecule has 5 saturated carbocycles. The molecule has 1 N–H and O–H groups in total. The Labute approximate surface area is 219 Å². The van der Waals surface area contributed by atoms with Crippen LogP contribution in [0, 0.1) is 50.7 Å². The van der Waals surface area contributed by atoms with Crippen LogP contribution in [0.3, 0.4) is 0 Å². The molecule has 0 bridgehead atoms. The van der Waals surface area contributed by atoms with Gasteiger partial charge < -0.3 is 9.84 Å². The first kappa shape index (κ1) is 26.7. The Morgan fingerprint density at radius 3 is 2.06 bits per heavy atom. The summed E-state index contributed by atoms with van der Waals surface area (Å²) in [4.78, 5) is 24.8. The number of ether oxygens (including phenoxy) is 1. The van der Waals surface area contributed by atoms with Crippen LogP contribution in [0.1, 0.15) is 126 Å². The molecule has 36 heavy (non-hydrogen) atoms. The summed E-state index contributed by atoms with van der Waals surface area (Å²) in [7, 11) is 0. The minimum absolute atomic E-state index is 0.00310. The van der Waals surface area contributed by atoms with E-state index >= 15 is 0 Å². The number of esters is 1. The largest absolute Gasteiger partial charge is 0.462 e. The SMILES string of the molecule is CC(=O)OC1CCC2(C)C3CCC4C(O)(CCC5C(C)(C)C(=O)CCC45C)CC3(C)CCC2C1(C)C. The first-order chi connectivity index (χ1) is 16.5.